The van der Waals surface area contributed by atoms with Crippen LogP contribution in [0.5, 0.6) is 0 Å². The first-order valence-corrected chi connectivity index (χ1v) is 6.17. The van der Waals surface area contributed by atoms with Crippen LogP contribution < -0.4 is 0 Å². The molecule has 2 aromatic heterocycles. The SMILES string of the molecule is O=C(O)/C=C/c1cccc(-c2cnc3[nH]ccc3c2)c1. The molecular formula is C16H12N2O2. The molecule has 1 aromatic carbocycles. The molecule has 2 N–H and O–H groups in total. The van der Waals surface area contributed by atoms with Crippen molar-refractivity contribution in [2.75, 3.05) is 0 Å². The minimum atomic E-state index is -0.953. The monoisotopic (exact) mass is 264 g/mol. The summed E-state index contributed by atoms with van der Waals surface area (Å²) in [6.45, 7) is 0. The first-order chi connectivity index (χ1) is 9.72. The van der Waals surface area contributed by atoms with Crippen LogP contribution in [0, 0.1) is 0 Å². The maximum Gasteiger partial charge on any atom is 0.328 e. The summed E-state index contributed by atoms with van der Waals surface area (Å²) in [5.74, 6) is -0.953. The van der Waals surface area contributed by atoms with E-state index in [4.69, 9.17) is 5.11 Å². The van der Waals surface area contributed by atoms with Crippen LogP contribution in [0.1, 0.15) is 5.56 Å². The molecule has 3 aromatic rings. The lowest BCUT2D eigenvalue weighted by atomic mass is 10.0. The largest absolute Gasteiger partial charge is 0.478 e. The number of carboxylic acids is 1. The summed E-state index contributed by atoms with van der Waals surface area (Å²) in [4.78, 5) is 18.0. The van der Waals surface area contributed by atoms with Gasteiger partial charge in [0.05, 0.1) is 0 Å². The van der Waals surface area contributed by atoms with Gasteiger partial charge in [-0.3, -0.25) is 0 Å². The van der Waals surface area contributed by atoms with Crippen molar-refractivity contribution in [2.24, 2.45) is 0 Å². The van der Waals surface area contributed by atoms with Gasteiger partial charge in [0.25, 0.3) is 0 Å². The van der Waals surface area contributed by atoms with Gasteiger partial charge in [-0.1, -0.05) is 18.2 Å². The Balaban J connectivity index is 2.00. The maximum absolute atomic E-state index is 10.5. The Bertz CT molecular complexity index is 803. The van der Waals surface area contributed by atoms with Crippen LogP contribution in [-0.2, 0) is 4.79 Å². The summed E-state index contributed by atoms with van der Waals surface area (Å²) in [7, 11) is 0. The number of pyridine rings is 1. The normalized spacial score (nSPS) is 11.2. The molecule has 0 amide bonds. The van der Waals surface area contributed by atoms with Gasteiger partial charge in [0.2, 0.25) is 0 Å². The fraction of sp³-hybridized carbons (Fsp3) is 0. The number of nitrogens with zero attached hydrogens (tertiary/aromatic N) is 1. The summed E-state index contributed by atoms with van der Waals surface area (Å²) in [5.41, 5.74) is 3.71. The molecule has 98 valence electrons. The van der Waals surface area contributed by atoms with Crippen LogP contribution in [0.3, 0.4) is 0 Å². The van der Waals surface area contributed by atoms with Gasteiger partial charge in [-0.15, -0.1) is 0 Å². The number of aromatic amines is 1. The van der Waals surface area contributed by atoms with Gasteiger partial charge in [0.1, 0.15) is 5.65 Å². The minimum absolute atomic E-state index is 0.846. The number of carboxylic acid groups (broad SMARTS) is 1. The smallest absolute Gasteiger partial charge is 0.328 e. The van der Waals surface area contributed by atoms with Gasteiger partial charge in [0.15, 0.2) is 0 Å². The highest BCUT2D eigenvalue weighted by Crippen LogP contribution is 2.23. The topological polar surface area (TPSA) is 66.0 Å². The number of fused-ring (bicyclic) bond motifs is 1. The molecule has 0 aliphatic rings. The van der Waals surface area contributed by atoms with Gasteiger partial charge in [-0.05, 0) is 35.4 Å². The van der Waals surface area contributed by atoms with E-state index < -0.39 is 5.97 Å². The Labute approximate surface area is 115 Å². The van der Waals surface area contributed by atoms with E-state index in [1.54, 1.807) is 12.3 Å². The second-order valence-electron chi connectivity index (χ2n) is 4.44. The third-order valence-electron chi connectivity index (χ3n) is 3.04. The Morgan fingerprint density at radius 1 is 1.20 bits per heavy atom. The number of aliphatic carboxylic acids is 1. The Kier molecular flexibility index (Phi) is 3.05. The molecule has 0 atom stereocenters. The van der Waals surface area contributed by atoms with Crippen molar-refractivity contribution in [3.63, 3.8) is 0 Å². The molecule has 2 heterocycles. The first kappa shape index (κ1) is 12.2. The summed E-state index contributed by atoms with van der Waals surface area (Å²) in [6.07, 6.45) is 6.37. The zero-order valence-corrected chi connectivity index (χ0v) is 10.6. The molecule has 3 rings (SSSR count). The van der Waals surface area contributed by atoms with Gasteiger partial charge in [-0.25, -0.2) is 9.78 Å². The highest BCUT2D eigenvalue weighted by molar-refractivity contribution is 5.86. The van der Waals surface area contributed by atoms with E-state index in [2.05, 4.69) is 16.0 Å². The second-order valence-corrected chi connectivity index (χ2v) is 4.44. The summed E-state index contributed by atoms with van der Waals surface area (Å²) in [5, 5.41) is 9.71. The fourth-order valence-electron chi connectivity index (χ4n) is 2.09. The molecule has 0 saturated heterocycles. The van der Waals surface area contributed by atoms with E-state index in [1.807, 2.05) is 36.5 Å². The maximum atomic E-state index is 10.5. The average Bonchev–Trinajstić information content (AvgIpc) is 2.93. The number of hydrogen-bond acceptors (Lipinski definition) is 2. The van der Waals surface area contributed by atoms with E-state index >= 15 is 0 Å². The third kappa shape index (κ3) is 2.44. The lowest BCUT2D eigenvalue weighted by Gasteiger charge is -2.03. The highest BCUT2D eigenvalue weighted by atomic mass is 16.4. The zero-order valence-electron chi connectivity index (χ0n) is 10.6. The van der Waals surface area contributed by atoms with Crippen LogP contribution in [0.2, 0.25) is 0 Å². The molecule has 0 aliphatic carbocycles. The molecule has 0 bridgehead atoms. The number of carbonyl (C=O) groups is 1. The lowest BCUT2D eigenvalue weighted by Crippen LogP contribution is -1.86. The van der Waals surface area contributed by atoms with Crippen LogP contribution in [-0.4, -0.2) is 21.0 Å². The molecule has 20 heavy (non-hydrogen) atoms. The molecule has 0 saturated carbocycles. The van der Waals surface area contributed by atoms with Crippen molar-refractivity contribution in [2.45, 2.75) is 0 Å². The molecule has 0 fully saturated rings. The van der Waals surface area contributed by atoms with E-state index in [0.29, 0.717) is 0 Å². The Morgan fingerprint density at radius 2 is 2.10 bits per heavy atom. The minimum Gasteiger partial charge on any atom is -0.478 e. The number of hydrogen-bond donors (Lipinski definition) is 2. The summed E-state index contributed by atoms with van der Waals surface area (Å²) in [6, 6.07) is 11.7. The Hall–Kier alpha value is -2.88. The van der Waals surface area contributed by atoms with Crippen LogP contribution in [0.25, 0.3) is 28.2 Å². The predicted molar refractivity (Wildman–Crippen MR) is 78.2 cm³/mol. The third-order valence-corrected chi connectivity index (χ3v) is 3.04. The van der Waals surface area contributed by atoms with Crippen LogP contribution in [0.15, 0.2) is 54.9 Å². The zero-order chi connectivity index (χ0) is 13.9. The molecule has 4 heteroatoms. The van der Waals surface area contributed by atoms with Crippen molar-refractivity contribution < 1.29 is 9.90 Å². The number of rotatable bonds is 3. The number of aromatic nitrogens is 2. The summed E-state index contributed by atoms with van der Waals surface area (Å²) < 4.78 is 0. The molecule has 0 radical (unpaired) electrons. The van der Waals surface area contributed by atoms with Crippen LogP contribution >= 0.6 is 0 Å². The Morgan fingerprint density at radius 3 is 2.95 bits per heavy atom. The van der Waals surface area contributed by atoms with Crippen molar-refractivity contribution >= 4 is 23.1 Å². The number of H-pyrrole nitrogens is 1. The van der Waals surface area contributed by atoms with Crippen molar-refractivity contribution in [3.8, 4) is 11.1 Å². The van der Waals surface area contributed by atoms with Crippen molar-refractivity contribution in [1.82, 2.24) is 9.97 Å². The molecule has 0 spiro atoms. The standard InChI is InChI=1S/C16H12N2O2/c19-15(20)5-4-11-2-1-3-12(8-11)14-9-13-6-7-17-16(13)18-10-14/h1-10H,(H,17,18)(H,19,20)/b5-4+. The molecular weight excluding hydrogens is 252 g/mol. The molecule has 4 nitrogen and oxygen atoms in total. The lowest BCUT2D eigenvalue weighted by molar-refractivity contribution is -0.131. The highest BCUT2D eigenvalue weighted by Gasteiger charge is 2.02. The quantitative estimate of drug-likeness (QED) is 0.713. The molecule has 0 unspecified atom stereocenters. The predicted octanol–water partition coefficient (Wildman–Crippen LogP) is 3.33. The van der Waals surface area contributed by atoms with Crippen molar-refractivity contribution in [1.29, 1.82) is 0 Å². The molecule has 0 aliphatic heterocycles. The van der Waals surface area contributed by atoms with E-state index in [9.17, 15) is 4.79 Å². The summed E-state index contributed by atoms with van der Waals surface area (Å²) >= 11 is 0. The van der Waals surface area contributed by atoms with E-state index in [-0.39, 0.29) is 0 Å². The second kappa shape index (κ2) is 5.01. The van der Waals surface area contributed by atoms with Gasteiger partial charge in [-0.2, -0.15) is 0 Å². The number of benzene rings is 1. The van der Waals surface area contributed by atoms with E-state index in [1.165, 1.54) is 0 Å². The van der Waals surface area contributed by atoms with Crippen molar-refractivity contribution in [3.05, 3.63) is 60.4 Å². The van der Waals surface area contributed by atoms with Crippen LogP contribution in [0.4, 0.5) is 0 Å². The average molecular weight is 264 g/mol. The van der Waals surface area contributed by atoms with Gasteiger partial charge >= 0.3 is 5.97 Å². The fourth-order valence-corrected chi connectivity index (χ4v) is 2.09. The first-order valence-electron chi connectivity index (χ1n) is 6.17. The van der Waals surface area contributed by atoms with Gasteiger partial charge < -0.3 is 10.1 Å². The number of nitrogens with one attached hydrogen (secondary N) is 1. The van der Waals surface area contributed by atoms with E-state index in [0.717, 1.165) is 33.8 Å². The van der Waals surface area contributed by atoms with Gasteiger partial charge in [0, 0.05) is 29.4 Å².